The zero-order chi connectivity index (χ0) is 27.1. The number of carboxylic acids is 1. The monoisotopic (exact) mass is 561 g/mol. The molecular weight excluding hydrogens is 541 g/mol. The molecule has 5 rings (SSSR count). The quantitative estimate of drug-likeness (QED) is 0.0667. The minimum Gasteiger partial charge on any atom is -0.543 e. The molecule has 1 aromatic carbocycles. The van der Waals surface area contributed by atoms with Gasteiger partial charge in [0.1, 0.15) is 11.8 Å². The van der Waals surface area contributed by atoms with Crippen LogP contribution in [0.5, 0.6) is 5.75 Å². The van der Waals surface area contributed by atoms with Gasteiger partial charge in [-0.2, -0.15) is 9.36 Å². The van der Waals surface area contributed by atoms with E-state index in [9.17, 15) is 34.6 Å². The van der Waals surface area contributed by atoms with E-state index >= 15 is 0 Å². The molecular formula is C23H20N7NaO7S. The number of β-lactam (4-membered cyclic amide) rings is 1. The third-order valence-electron chi connectivity index (χ3n) is 6.56. The van der Waals surface area contributed by atoms with Gasteiger partial charge in [-0.1, -0.05) is 5.16 Å². The van der Waals surface area contributed by atoms with Crippen LogP contribution in [0.2, 0.25) is 0 Å². The number of hydrogen-bond acceptors (Lipinski definition) is 12. The molecule has 3 aliphatic heterocycles. The van der Waals surface area contributed by atoms with Crippen LogP contribution in [0.1, 0.15) is 25.1 Å². The molecule has 0 spiro atoms. The Labute approximate surface area is 246 Å². The summed E-state index contributed by atoms with van der Waals surface area (Å²) in [6, 6.07) is 4.38. The third-order valence-corrected chi connectivity index (χ3v) is 7.10. The third kappa shape index (κ3) is 5.13. The fourth-order valence-corrected chi connectivity index (χ4v) is 5.23. The molecule has 0 bridgehead atoms. The molecule has 14 nitrogen and oxygen atoms in total. The molecule has 3 amide bonds. The number of carbonyl (C=O) groups excluding carboxylic acids is 4. The van der Waals surface area contributed by atoms with Crippen molar-refractivity contribution >= 4 is 51.8 Å². The molecule has 0 aliphatic carbocycles. The zero-order valence-electron chi connectivity index (χ0n) is 20.5. The van der Waals surface area contributed by atoms with Crippen LogP contribution in [0, 0.1) is 0 Å². The summed E-state index contributed by atoms with van der Waals surface area (Å²) in [7, 11) is 0. The maximum Gasteiger partial charge on any atom is 1.00 e. The summed E-state index contributed by atoms with van der Waals surface area (Å²) in [6.07, 6.45) is 2.36. The number of anilines is 2. The number of nitrogen functional groups attached to an aromatic ring is 1. The van der Waals surface area contributed by atoms with Gasteiger partial charge < -0.3 is 41.1 Å². The number of rotatable bonds is 6. The average Bonchev–Trinajstić information content (AvgIpc) is 3.48. The molecule has 196 valence electrons. The van der Waals surface area contributed by atoms with Crippen molar-refractivity contribution in [2.45, 2.75) is 31.3 Å². The Morgan fingerprint density at radius 1 is 1.23 bits per heavy atom. The van der Waals surface area contributed by atoms with E-state index in [0.717, 1.165) is 16.4 Å². The van der Waals surface area contributed by atoms with Gasteiger partial charge in [0.25, 0.3) is 17.7 Å². The Morgan fingerprint density at radius 2 is 1.95 bits per heavy atom. The number of phenolic OH excluding ortho intramolecular Hbond substituents is 1. The van der Waals surface area contributed by atoms with Crippen LogP contribution in [-0.4, -0.2) is 72.6 Å². The number of benzene rings is 1. The molecule has 1 aromatic heterocycles. The van der Waals surface area contributed by atoms with Gasteiger partial charge in [0, 0.05) is 29.3 Å². The molecule has 4 heterocycles. The summed E-state index contributed by atoms with van der Waals surface area (Å²) in [5.41, 5.74) is 5.84. The van der Waals surface area contributed by atoms with Gasteiger partial charge in [-0.25, -0.2) is 0 Å². The second-order valence-corrected chi connectivity index (χ2v) is 9.51. The van der Waals surface area contributed by atoms with E-state index in [4.69, 9.17) is 5.73 Å². The predicted molar refractivity (Wildman–Crippen MR) is 130 cm³/mol. The molecule has 39 heavy (non-hydrogen) atoms. The van der Waals surface area contributed by atoms with E-state index in [1.807, 2.05) is 0 Å². The summed E-state index contributed by atoms with van der Waals surface area (Å²) in [5, 5.41) is 36.2. The number of oxime groups is 1. The van der Waals surface area contributed by atoms with Crippen LogP contribution in [0.25, 0.3) is 0 Å². The number of nitrogens with one attached hydrogen (secondary N) is 1. The van der Waals surface area contributed by atoms with Crippen LogP contribution in [-0.2, 0) is 19.2 Å². The number of amides is 3. The van der Waals surface area contributed by atoms with Crippen LogP contribution in [0.3, 0.4) is 0 Å². The molecule has 2 saturated heterocycles. The average molecular weight is 562 g/mol. The minimum atomic E-state index is -1.58. The Bertz CT molecular complexity index is 1450. The Kier molecular flexibility index (Phi) is 8.06. The number of nitrogens with two attached hydrogens (primary N) is 1. The van der Waals surface area contributed by atoms with Crippen molar-refractivity contribution < 1.29 is 64.2 Å². The second kappa shape index (κ2) is 11.1. The Morgan fingerprint density at radius 3 is 2.56 bits per heavy atom. The number of carboxylic acid groups (broad SMARTS) is 1. The number of aromatic hydroxyl groups is 1. The number of aliphatic carboxylic acids is 1. The maximum absolute atomic E-state index is 13.0. The van der Waals surface area contributed by atoms with Crippen LogP contribution < -0.4 is 50.6 Å². The number of allylic oxidation sites excluding steroid dienone is 2. The van der Waals surface area contributed by atoms with Crippen LogP contribution >= 0.6 is 11.5 Å². The van der Waals surface area contributed by atoms with Crippen molar-refractivity contribution in [1.29, 1.82) is 0 Å². The fourth-order valence-electron chi connectivity index (χ4n) is 4.79. The van der Waals surface area contributed by atoms with Crippen molar-refractivity contribution in [3.63, 3.8) is 0 Å². The van der Waals surface area contributed by atoms with Crippen molar-refractivity contribution in [1.82, 2.24) is 19.6 Å². The molecule has 5 N–H and O–H groups in total. The van der Waals surface area contributed by atoms with Gasteiger partial charge in [-0.05, 0) is 55.2 Å². The van der Waals surface area contributed by atoms with Crippen molar-refractivity contribution in [2.75, 3.05) is 17.2 Å². The second-order valence-electron chi connectivity index (χ2n) is 8.72. The van der Waals surface area contributed by atoms with Gasteiger partial charge in [-0.3, -0.25) is 14.4 Å². The van der Waals surface area contributed by atoms with E-state index in [0.29, 0.717) is 30.6 Å². The van der Waals surface area contributed by atoms with Crippen molar-refractivity contribution in [2.24, 2.45) is 5.16 Å². The first-order valence-corrected chi connectivity index (χ1v) is 12.2. The fraction of sp³-hybridized carbons (Fsp3) is 0.261. The van der Waals surface area contributed by atoms with Gasteiger partial charge in [-0.15, -0.1) is 0 Å². The summed E-state index contributed by atoms with van der Waals surface area (Å²) in [6.45, 7) is 0.372. The maximum atomic E-state index is 13.0. The molecule has 2 fully saturated rings. The van der Waals surface area contributed by atoms with Gasteiger partial charge in [0.2, 0.25) is 11.5 Å². The van der Waals surface area contributed by atoms with Crippen molar-refractivity contribution in [3.8, 4) is 5.75 Å². The van der Waals surface area contributed by atoms with Crippen LogP contribution in [0.4, 0.5) is 10.8 Å². The zero-order valence-corrected chi connectivity index (χ0v) is 23.3. The Balaban J connectivity index is 0.00000353. The number of hydrogen-bond donors (Lipinski definition) is 4. The van der Waals surface area contributed by atoms with Gasteiger partial charge in [0.15, 0.2) is 5.13 Å². The summed E-state index contributed by atoms with van der Waals surface area (Å²) >= 11 is 0.788. The first-order valence-electron chi connectivity index (χ1n) is 11.4. The number of nitrogens with zero attached hydrogens (tertiary/aromatic N) is 5. The van der Waals surface area contributed by atoms with E-state index in [1.165, 1.54) is 23.1 Å². The normalized spacial score (nSPS) is 21.9. The first-order chi connectivity index (χ1) is 18.2. The molecule has 3 aliphatic rings. The molecule has 0 unspecified atom stereocenters. The van der Waals surface area contributed by atoms with Gasteiger partial charge >= 0.3 is 29.6 Å². The van der Waals surface area contributed by atoms with Crippen LogP contribution in [0.15, 0.2) is 52.3 Å². The van der Waals surface area contributed by atoms with E-state index < -0.39 is 35.6 Å². The topological polar surface area (TPSA) is 214 Å². The molecule has 16 heteroatoms. The summed E-state index contributed by atoms with van der Waals surface area (Å²) in [5.74, 6) is -3.66. The summed E-state index contributed by atoms with van der Waals surface area (Å²) in [4.78, 5) is 56.9. The standard InChI is InChI=1S/C23H21N7O7S.Na/c24-23-26-18(28-38-23)16(27-37)19(32)25-15-14-6-1-10(17(22(35)36)30(14)21(15)34)9-11-7-8-29(20(11)33)12-2-4-13(31)5-3-12;/h2-5,9,14-15,31,37H,1,6-8H2,(H,25,32)(H,35,36)(H2,24,26,28);/q;+1/p-1/b11-9+,27-16-;/t14-,15+;/m1./s1. The number of aromatic nitrogens is 2. The molecule has 2 aromatic rings. The van der Waals surface area contributed by atoms with Crippen molar-refractivity contribution in [3.05, 3.63) is 53.0 Å². The van der Waals surface area contributed by atoms with E-state index in [-0.39, 0.29) is 69.9 Å². The first kappa shape index (κ1) is 28.2. The van der Waals surface area contributed by atoms with Gasteiger partial charge in [0.05, 0.1) is 17.7 Å². The SMILES string of the molecule is Nc1nc(/C(=N/O)C(=O)N[C@@H]2C(=O)N3C(C(=O)[O-])=C(/C=C4\CCN(c5ccc(O)cc5)C4=O)CC[C@H]23)ns1.[Na+]. The van der Waals surface area contributed by atoms with E-state index in [1.54, 1.807) is 12.1 Å². The number of phenols is 1. The molecule has 0 radical (unpaired) electrons. The molecule has 0 saturated carbocycles. The molecule has 2 atom stereocenters. The van der Waals surface area contributed by atoms with E-state index in [2.05, 4.69) is 19.8 Å². The smallest absolute Gasteiger partial charge is 0.543 e. The number of fused-ring (bicyclic) bond motifs is 1. The summed E-state index contributed by atoms with van der Waals surface area (Å²) < 4.78 is 3.80. The Hall–Kier alpha value is -3.79. The number of carbonyl (C=O) groups is 4. The largest absolute Gasteiger partial charge is 1.00 e. The minimum absolute atomic E-state index is 0. The predicted octanol–water partition coefficient (Wildman–Crippen LogP) is -4.14.